The maximum Gasteiger partial charge on any atom is 0.276 e. The van der Waals surface area contributed by atoms with Crippen LogP contribution in [0.4, 0.5) is 0 Å². The third-order valence-corrected chi connectivity index (χ3v) is 5.48. The summed E-state index contributed by atoms with van der Waals surface area (Å²) in [5.74, 6) is 0.620. The fraction of sp³-hybridized carbons (Fsp3) is 0.409. The summed E-state index contributed by atoms with van der Waals surface area (Å²) < 4.78 is 12.4. The number of ether oxygens (including phenoxy) is 2. The lowest BCUT2D eigenvalue weighted by Gasteiger charge is -2.26. The fourth-order valence-electron chi connectivity index (χ4n) is 3.85. The largest absolute Gasteiger partial charge is 0.497 e. The molecule has 158 valence electrons. The Balaban J connectivity index is 1.59. The minimum absolute atomic E-state index is 0.00366. The van der Waals surface area contributed by atoms with Gasteiger partial charge in [-0.3, -0.25) is 14.7 Å². The molecule has 8 heteroatoms. The second-order valence-corrected chi connectivity index (χ2v) is 7.57. The summed E-state index contributed by atoms with van der Waals surface area (Å²) in [5.41, 5.74) is 2.25. The average Bonchev–Trinajstić information content (AvgIpc) is 3.42. The van der Waals surface area contributed by atoms with E-state index in [1.165, 1.54) is 4.52 Å². The molecule has 2 aromatic heterocycles. The second-order valence-electron chi connectivity index (χ2n) is 7.57. The number of rotatable bonds is 7. The van der Waals surface area contributed by atoms with E-state index < -0.39 is 0 Å². The molecule has 0 saturated carbocycles. The zero-order valence-corrected chi connectivity index (χ0v) is 17.3. The van der Waals surface area contributed by atoms with Crippen molar-refractivity contribution in [1.82, 2.24) is 19.5 Å². The number of hydrogen-bond acceptors (Lipinski definition) is 5. The summed E-state index contributed by atoms with van der Waals surface area (Å²) in [6.45, 7) is 3.41. The number of benzene rings is 1. The Bertz CT molecular complexity index is 1100. The van der Waals surface area contributed by atoms with Crippen LogP contribution < -0.4 is 10.3 Å². The van der Waals surface area contributed by atoms with Crippen LogP contribution in [0.25, 0.3) is 5.65 Å². The maximum atomic E-state index is 13.3. The Labute approximate surface area is 174 Å². The molecular formula is C22H26N4O4. The first-order chi connectivity index (χ1) is 14.5. The number of amides is 1. The first kappa shape index (κ1) is 20.2. The number of nitrogens with one attached hydrogen (secondary N) is 1. The first-order valence-electron chi connectivity index (χ1n) is 10.1. The summed E-state index contributed by atoms with van der Waals surface area (Å²) in [4.78, 5) is 32.3. The quantitative estimate of drug-likeness (QED) is 0.644. The third-order valence-electron chi connectivity index (χ3n) is 5.48. The molecule has 4 rings (SSSR count). The molecule has 0 radical (unpaired) electrons. The molecule has 1 amide bonds. The molecule has 3 aromatic rings. The van der Waals surface area contributed by atoms with Gasteiger partial charge in [-0.15, -0.1) is 0 Å². The van der Waals surface area contributed by atoms with Crippen molar-refractivity contribution >= 4 is 11.6 Å². The number of nitrogens with zero attached hydrogens (tertiary/aromatic N) is 3. The van der Waals surface area contributed by atoms with Gasteiger partial charge in [-0.05, 0) is 37.5 Å². The minimum atomic E-state index is -0.241. The second kappa shape index (κ2) is 8.71. The van der Waals surface area contributed by atoms with Crippen LogP contribution in [-0.4, -0.2) is 51.8 Å². The monoisotopic (exact) mass is 410 g/mol. The van der Waals surface area contributed by atoms with Crippen LogP contribution in [0.2, 0.25) is 0 Å². The van der Waals surface area contributed by atoms with Crippen LogP contribution in [0.15, 0.2) is 41.3 Å². The van der Waals surface area contributed by atoms with E-state index in [-0.39, 0.29) is 24.0 Å². The van der Waals surface area contributed by atoms with Crippen LogP contribution in [0.5, 0.6) is 5.75 Å². The van der Waals surface area contributed by atoms with Gasteiger partial charge in [-0.2, -0.15) is 0 Å². The Morgan fingerprint density at radius 1 is 1.40 bits per heavy atom. The van der Waals surface area contributed by atoms with Gasteiger partial charge in [0.2, 0.25) is 5.91 Å². The van der Waals surface area contributed by atoms with E-state index in [0.29, 0.717) is 30.0 Å². The summed E-state index contributed by atoms with van der Waals surface area (Å²) in [6, 6.07) is 9.39. The number of H-pyrrole nitrogens is 1. The van der Waals surface area contributed by atoms with Gasteiger partial charge in [0, 0.05) is 43.2 Å². The van der Waals surface area contributed by atoms with Crippen molar-refractivity contribution in [2.75, 3.05) is 20.3 Å². The first-order valence-corrected chi connectivity index (χ1v) is 10.1. The molecule has 1 atom stereocenters. The van der Waals surface area contributed by atoms with Crippen molar-refractivity contribution < 1.29 is 14.3 Å². The molecule has 8 nitrogen and oxygen atoms in total. The molecule has 1 unspecified atom stereocenters. The van der Waals surface area contributed by atoms with Crippen molar-refractivity contribution in [3.63, 3.8) is 0 Å². The predicted molar refractivity (Wildman–Crippen MR) is 112 cm³/mol. The van der Waals surface area contributed by atoms with E-state index in [1.807, 2.05) is 24.3 Å². The van der Waals surface area contributed by atoms with Gasteiger partial charge >= 0.3 is 0 Å². The van der Waals surface area contributed by atoms with Crippen LogP contribution >= 0.6 is 0 Å². The Morgan fingerprint density at radius 2 is 2.27 bits per heavy atom. The average molecular weight is 410 g/mol. The number of carbonyl (C=O) groups excluding carboxylic acids is 1. The van der Waals surface area contributed by atoms with Crippen LogP contribution in [-0.2, 0) is 22.5 Å². The molecule has 1 aliphatic rings. The van der Waals surface area contributed by atoms with Gasteiger partial charge < -0.3 is 14.4 Å². The van der Waals surface area contributed by atoms with Crippen molar-refractivity contribution in [3.05, 3.63) is 63.7 Å². The third kappa shape index (κ3) is 4.23. The van der Waals surface area contributed by atoms with Crippen molar-refractivity contribution in [2.24, 2.45) is 0 Å². The van der Waals surface area contributed by atoms with E-state index in [0.717, 1.165) is 30.8 Å². The number of hydrogen-bond donors (Lipinski definition) is 1. The van der Waals surface area contributed by atoms with E-state index in [2.05, 4.69) is 10.1 Å². The van der Waals surface area contributed by atoms with Crippen molar-refractivity contribution in [3.8, 4) is 5.75 Å². The van der Waals surface area contributed by atoms with Gasteiger partial charge in [-0.25, -0.2) is 9.50 Å². The van der Waals surface area contributed by atoms with Crippen molar-refractivity contribution in [1.29, 1.82) is 0 Å². The molecule has 1 saturated heterocycles. The lowest BCUT2D eigenvalue weighted by Crippen LogP contribution is -2.39. The molecule has 1 N–H and O–H groups in total. The Hall–Kier alpha value is -3.13. The molecule has 30 heavy (non-hydrogen) atoms. The SMILES string of the molecule is COc1cccc(CN(CC2CCCO2)C(=O)Cc2c(C)nc3cc[nH]n3c2=O)c1. The summed E-state index contributed by atoms with van der Waals surface area (Å²) in [7, 11) is 1.62. The minimum Gasteiger partial charge on any atom is -0.497 e. The van der Waals surface area contributed by atoms with E-state index in [4.69, 9.17) is 9.47 Å². The highest BCUT2D eigenvalue weighted by molar-refractivity contribution is 5.79. The highest BCUT2D eigenvalue weighted by atomic mass is 16.5. The number of fused-ring (bicyclic) bond motifs is 1. The Kier molecular flexibility index (Phi) is 5.85. The molecule has 1 aromatic carbocycles. The summed E-state index contributed by atoms with van der Waals surface area (Å²) in [5, 5.41) is 2.85. The number of aromatic nitrogens is 3. The standard InChI is InChI=1S/C22H26N4O4/c1-15-19(22(28)26-20(24-15)8-9-23-26)12-21(27)25(14-18-7-4-10-30-18)13-16-5-3-6-17(11-16)29-2/h3,5-6,8-9,11,18,23H,4,7,10,12-14H2,1-2H3. The van der Waals surface area contributed by atoms with Crippen molar-refractivity contribution in [2.45, 2.75) is 38.8 Å². The summed E-state index contributed by atoms with van der Waals surface area (Å²) >= 11 is 0. The molecule has 1 aliphatic heterocycles. The van der Waals surface area contributed by atoms with E-state index in [1.54, 1.807) is 31.2 Å². The lowest BCUT2D eigenvalue weighted by molar-refractivity contribution is -0.132. The van der Waals surface area contributed by atoms with Gasteiger partial charge in [-0.1, -0.05) is 12.1 Å². The van der Waals surface area contributed by atoms with E-state index >= 15 is 0 Å². The molecule has 1 fully saturated rings. The lowest BCUT2D eigenvalue weighted by atomic mass is 10.1. The molecule has 0 aliphatic carbocycles. The maximum absolute atomic E-state index is 13.3. The van der Waals surface area contributed by atoms with Crippen LogP contribution in [0.3, 0.4) is 0 Å². The normalized spacial score (nSPS) is 16.1. The number of methoxy groups -OCH3 is 1. The molecular weight excluding hydrogens is 384 g/mol. The molecule has 3 heterocycles. The topological polar surface area (TPSA) is 88.9 Å². The molecule has 0 bridgehead atoms. The number of aryl methyl sites for hydroxylation is 1. The van der Waals surface area contributed by atoms with Gasteiger partial charge in [0.25, 0.3) is 5.56 Å². The fourth-order valence-corrected chi connectivity index (χ4v) is 3.85. The smallest absolute Gasteiger partial charge is 0.276 e. The van der Waals surface area contributed by atoms with Crippen LogP contribution in [0, 0.1) is 6.92 Å². The zero-order valence-electron chi connectivity index (χ0n) is 17.3. The van der Waals surface area contributed by atoms with Gasteiger partial charge in [0.1, 0.15) is 5.75 Å². The van der Waals surface area contributed by atoms with E-state index in [9.17, 15) is 9.59 Å². The summed E-state index contributed by atoms with van der Waals surface area (Å²) in [6.07, 6.45) is 3.60. The molecule has 0 spiro atoms. The number of carbonyl (C=O) groups is 1. The zero-order chi connectivity index (χ0) is 21.1. The van der Waals surface area contributed by atoms with Gasteiger partial charge in [0.15, 0.2) is 5.65 Å². The Morgan fingerprint density at radius 3 is 3.03 bits per heavy atom. The number of aromatic amines is 1. The highest BCUT2D eigenvalue weighted by Gasteiger charge is 2.25. The van der Waals surface area contributed by atoms with Gasteiger partial charge in [0.05, 0.1) is 19.6 Å². The highest BCUT2D eigenvalue weighted by Crippen LogP contribution is 2.19. The van der Waals surface area contributed by atoms with Crippen LogP contribution in [0.1, 0.15) is 29.7 Å². The predicted octanol–water partition coefficient (Wildman–Crippen LogP) is 2.09.